The third-order valence-electron chi connectivity index (χ3n) is 12.1. The second-order valence-corrected chi connectivity index (χ2v) is 26.4. The fraction of sp³-hybridized carbons (Fsp3) is 0.304. The zero-order valence-corrected chi connectivity index (χ0v) is 39.7. The van der Waals surface area contributed by atoms with E-state index >= 15 is 52.7 Å². The zero-order valence-electron chi connectivity index (χ0n) is 35.4. The molecule has 2 aliphatic rings. The van der Waals surface area contributed by atoms with Crippen molar-refractivity contribution in [2.24, 2.45) is 0 Å². The summed E-state index contributed by atoms with van der Waals surface area (Å²) in [5.41, 5.74) is -7.34. The molecule has 0 aliphatic heterocycles. The number of rotatable bonds is 10. The molecule has 2 aliphatic carbocycles. The van der Waals surface area contributed by atoms with Crippen LogP contribution >= 0.6 is 45.3 Å². The molecular formula is C46H36F12O2S4Si. The molecule has 0 fully saturated rings. The maximum absolute atomic E-state index is 16.1. The number of halogens is 12. The number of aryl methyl sites for hydroxylation is 4. The summed E-state index contributed by atoms with van der Waals surface area (Å²) in [6.07, 6.45) is 0. The molecule has 4 aromatic heterocycles. The normalized spacial score (nSPS) is 19.4. The molecule has 2 aromatic carbocycles. The Labute approximate surface area is 382 Å². The van der Waals surface area contributed by atoms with Crippen LogP contribution in [0.25, 0.3) is 43.2 Å². The van der Waals surface area contributed by atoms with E-state index < -0.39 is 88.2 Å². The first-order valence-electron chi connectivity index (χ1n) is 19.6. The van der Waals surface area contributed by atoms with Gasteiger partial charge < -0.3 is 9.47 Å². The van der Waals surface area contributed by atoms with Crippen molar-refractivity contribution < 1.29 is 62.2 Å². The van der Waals surface area contributed by atoms with Gasteiger partial charge in [-0.25, -0.2) is 0 Å². The molecular weight excluding hydrogens is 969 g/mol. The first-order valence-corrected chi connectivity index (χ1v) is 25.8. The minimum absolute atomic E-state index is 0.0229. The number of alkyl halides is 12. The number of benzene rings is 2. The first-order chi connectivity index (χ1) is 30.1. The van der Waals surface area contributed by atoms with Gasteiger partial charge in [0.2, 0.25) is 0 Å². The fourth-order valence-corrected chi connectivity index (χ4v) is 17.0. The van der Waals surface area contributed by atoms with Crippen LogP contribution in [0.3, 0.4) is 0 Å². The Kier molecular flexibility index (Phi) is 11.2. The maximum atomic E-state index is 16.1. The molecule has 0 saturated heterocycles. The molecule has 0 saturated carbocycles. The lowest BCUT2D eigenvalue weighted by Crippen LogP contribution is -2.50. The van der Waals surface area contributed by atoms with Crippen LogP contribution in [0.4, 0.5) is 52.7 Å². The summed E-state index contributed by atoms with van der Waals surface area (Å²) in [5.74, 6) is -32.2. The van der Waals surface area contributed by atoms with Gasteiger partial charge in [-0.2, -0.15) is 52.7 Å². The van der Waals surface area contributed by atoms with Gasteiger partial charge in [0.15, 0.2) is 0 Å². The van der Waals surface area contributed by atoms with Crippen LogP contribution in [-0.2, 0) is 0 Å². The number of allylic oxidation sites excluding steroid dienone is 4. The average Bonchev–Trinajstić information content (AvgIpc) is 4.05. The first kappa shape index (κ1) is 47.2. The van der Waals surface area contributed by atoms with Crippen LogP contribution < -0.4 is 18.5 Å². The lowest BCUT2D eigenvalue weighted by molar-refractivity contribution is -0.254. The van der Waals surface area contributed by atoms with E-state index in [4.69, 9.17) is 9.47 Å². The van der Waals surface area contributed by atoms with E-state index in [1.54, 1.807) is 61.6 Å². The molecule has 0 atom stereocenters. The standard InChI is InChI=1S/C46H36F12O2S4Si/c1-21-29(17-33(61-21)25-9-13-27(59-5)14-10-25)37-39(43(51,52)45(55,56)41(37,47)48)31-19-35(63-23(31)3)65(7,8)36-20-32(24(4)64-36)40-38(42(49,50)46(57,58)44(40,53)54)30-18-34(62-22(30)2)26-11-15-28(60-6)16-12-26/h9-20H,1-8H3. The van der Waals surface area contributed by atoms with Gasteiger partial charge in [-0.1, -0.05) is 13.1 Å². The zero-order chi connectivity index (χ0) is 47.8. The second kappa shape index (κ2) is 15.4. The Balaban J connectivity index is 1.26. The fourth-order valence-electron chi connectivity index (χ4n) is 8.32. The highest BCUT2D eigenvalue weighted by Crippen LogP contribution is 2.67. The summed E-state index contributed by atoms with van der Waals surface area (Å²) >= 11 is 3.61. The van der Waals surface area contributed by atoms with E-state index in [0.29, 0.717) is 32.4 Å². The molecule has 0 radical (unpaired) electrons. The molecule has 2 nitrogen and oxygen atoms in total. The molecule has 6 aromatic rings. The van der Waals surface area contributed by atoms with E-state index in [-0.39, 0.29) is 28.5 Å². The topological polar surface area (TPSA) is 18.5 Å². The molecule has 0 spiro atoms. The van der Waals surface area contributed by atoms with Gasteiger partial charge in [-0.15, -0.1) is 45.3 Å². The maximum Gasteiger partial charge on any atom is 0.380 e. The molecule has 65 heavy (non-hydrogen) atoms. The monoisotopic (exact) mass is 1000 g/mol. The van der Waals surface area contributed by atoms with Crippen molar-refractivity contribution in [1.29, 1.82) is 0 Å². The Bertz CT molecular complexity index is 2740. The van der Waals surface area contributed by atoms with E-state index in [9.17, 15) is 0 Å². The predicted molar refractivity (Wildman–Crippen MR) is 240 cm³/mol. The van der Waals surface area contributed by atoms with E-state index in [0.717, 1.165) is 57.5 Å². The van der Waals surface area contributed by atoms with Gasteiger partial charge in [0, 0.05) is 51.6 Å². The van der Waals surface area contributed by atoms with Crippen molar-refractivity contribution in [3.63, 3.8) is 0 Å². The van der Waals surface area contributed by atoms with Crippen molar-refractivity contribution in [3.05, 3.63) is 115 Å². The highest BCUT2D eigenvalue weighted by Gasteiger charge is 2.81. The summed E-state index contributed by atoms with van der Waals surface area (Å²) < 4.78 is 202. The van der Waals surface area contributed by atoms with Crippen LogP contribution in [0, 0.1) is 27.7 Å². The summed E-state index contributed by atoms with van der Waals surface area (Å²) in [4.78, 5) is 0.786. The van der Waals surface area contributed by atoms with Gasteiger partial charge in [0.05, 0.1) is 14.2 Å². The molecule has 0 N–H and O–H groups in total. The van der Waals surface area contributed by atoms with E-state index in [2.05, 4.69) is 0 Å². The van der Waals surface area contributed by atoms with Gasteiger partial charge >= 0.3 is 35.5 Å². The number of ether oxygens (including phenoxy) is 2. The van der Waals surface area contributed by atoms with Gasteiger partial charge in [0.1, 0.15) is 19.6 Å². The predicted octanol–water partition coefficient (Wildman–Crippen LogP) is 15.0. The molecule has 0 bridgehead atoms. The Morgan fingerprint density at radius 3 is 0.938 bits per heavy atom. The minimum atomic E-state index is -5.85. The van der Waals surface area contributed by atoms with Crippen molar-refractivity contribution in [3.8, 4) is 32.4 Å². The summed E-state index contributed by atoms with van der Waals surface area (Å²) in [7, 11) is -0.529. The third-order valence-corrected chi connectivity index (χ3v) is 22.4. The Morgan fingerprint density at radius 2 is 0.662 bits per heavy atom. The highest BCUT2D eigenvalue weighted by atomic mass is 32.1. The highest BCUT2D eigenvalue weighted by molar-refractivity contribution is 7.36. The van der Waals surface area contributed by atoms with Crippen LogP contribution in [-0.4, -0.2) is 57.8 Å². The summed E-state index contributed by atoms with van der Waals surface area (Å²) in [6, 6.07) is 17.4. The molecule has 0 amide bonds. The Hall–Kier alpha value is -4.30. The van der Waals surface area contributed by atoms with Gasteiger partial charge in [-0.05, 0) is 143 Å². The quantitative estimate of drug-likeness (QED) is 0.101. The summed E-state index contributed by atoms with van der Waals surface area (Å²) in [5, 5.41) is 0. The van der Waals surface area contributed by atoms with Crippen molar-refractivity contribution >= 4 is 84.7 Å². The van der Waals surface area contributed by atoms with Gasteiger partial charge in [-0.3, -0.25) is 0 Å². The Morgan fingerprint density at radius 1 is 0.400 bits per heavy atom. The number of methoxy groups -OCH3 is 2. The van der Waals surface area contributed by atoms with Crippen LogP contribution in [0.1, 0.15) is 41.8 Å². The molecule has 8 rings (SSSR count). The smallest absolute Gasteiger partial charge is 0.380 e. The van der Waals surface area contributed by atoms with Crippen LogP contribution in [0.2, 0.25) is 13.1 Å². The lowest BCUT2D eigenvalue weighted by atomic mass is 9.95. The lowest BCUT2D eigenvalue weighted by Gasteiger charge is -2.25. The number of thiophene rings is 4. The molecule has 0 unspecified atom stereocenters. The van der Waals surface area contributed by atoms with E-state index in [1.807, 2.05) is 0 Å². The van der Waals surface area contributed by atoms with Gasteiger partial charge in [0.25, 0.3) is 0 Å². The number of hydrogen-bond donors (Lipinski definition) is 0. The van der Waals surface area contributed by atoms with E-state index in [1.165, 1.54) is 54.0 Å². The van der Waals surface area contributed by atoms with Crippen LogP contribution in [0.5, 0.6) is 11.5 Å². The largest absolute Gasteiger partial charge is 0.497 e. The number of hydrogen-bond acceptors (Lipinski definition) is 6. The van der Waals surface area contributed by atoms with Crippen molar-refractivity contribution in [2.75, 3.05) is 14.2 Å². The van der Waals surface area contributed by atoms with Crippen LogP contribution in [0.15, 0.2) is 72.8 Å². The minimum Gasteiger partial charge on any atom is -0.497 e. The molecule has 344 valence electrons. The van der Waals surface area contributed by atoms with Crippen molar-refractivity contribution in [1.82, 2.24) is 0 Å². The molecule has 4 heterocycles. The molecule has 19 heteroatoms. The van der Waals surface area contributed by atoms with Crippen molar-refractivity contribution in [2.45, 2.75) is 76.3 Å². The average molecular weight is 1010 g/mol. The summed E-state index contributed by atoms with van der Waals surface area (Å²) in [6.45, 7) is 8.62. The second-order valence-electron chi connectivity index (χ2n) is 16.4. The third kappa shape index (κ3) is 6.74. The SMILES string of the molecule is COc1ccc(-c2cc(C3=C(c4cc([Si](C)(C)c5cc(C6=C(c7cc(-c8ccc(OC)cc8)sc7C)C(F)(F)C(F)(F)C6(F)F)c(C)s5)sc4C)C(F)(F)C(F)(F)C3(F)F)c(C)s2)cc1.